The molecule has 16 aromatic rings. The molecule has 0 bridgehead atoms. The maximum absolute atomic E-state index is 13.2. The highest BCUT2D eigenvalue weighted by Gasteiger charge is 2.28. The normalized spacial score (nSPS) is 12.3. The minimum atomic E-state index is 0.0254. The molecule has 0 spiro atoms. The second-order valence-electron chi connectivity index (χ2n) is 26.5. The number of carbonyl (C=O) groups excluding carboxylic acids is 1. The van der Waals surface area contributed by atoms with Gasteiger partial charge in [0.05, 0.1) is 48.2 Å². The molecule has 1 saturated heterocycles. The van der Waals surface area contributed by atoms with E-state index in [-0.39, 0.29) is 12.5 Å². The Morgan fingerprint density at radius 3 is 1.03 bits per heavy atom. The first-order chi connectivity index (χ1) is 52.6. The van der Waals surface area contributed by atoms with Crippen LogP contribution in [-0.4, -0.2) is 153 Å². The van der Waals surface area contributed by atoms with Crippen LogP contribution in [0.3, 0.4) is 0 Å². The number of nitrogens with zero attached hydrogens (tertiary/aromatic N) is 19. The monoisotopic (exact) mass is 1510 g/mol. The molecule has 1 fully saturated rings. The Labute approximate surface area is 644 Å². The van der Waals surface area contributed by atoms with Gasteiger partial charge in [-0.2, -0.15) is 20.4 Å². The van der Waals surface area contributed by atoms with Crippen LogP contribution in [-0.2, 0) is 32.0 Å². The summed E-state index contributed by atoms with van der Waals surface area (Å²) < 4.78 is 6.98. The second kappa shape index (κ2) is 33.1. The fourth-order valence-electron chi connectivity index (χ4n) is 13.0. The van der Waals surface area contributed by atoms with Crippen molar-refractivity contribution >= 4 is 96.4 Å². The Kier molecular flexibility index (Phi) is 22.5. The fraction of sp³-hybridized carbons (Fsp3) is 0.179. The Balaban J connectivity index is 0.000000122. The van der Waals surface area contributed by atoms with E-state index < -0.39 is 0 Å². The Morgan fingerprint density at radius 2 is 0.667 bits per heavy atom. The van der Waals surface area contributed by atoms with Crippen LogP contribution in [0.1, 0.15) is 19.4 Å². The van der Waals surface area contributed by atoms with Gasteiger partial charge in [-0.25, -0.2) is 18.7 Å². The maximum atomic E-state index is 13.2. The molecule has 0 unspecified atom stereocenters. The van der Waals surface area contributed by atoms with Crippen LogP contribution >= 0.6 is 46.4 Å². The summed E-state index contributed by atoms with van der Waals surface area (Å²) in [4.78, 5) is 19.6. The van der Waals surface area contributed by atoms with Gasteiger partial charge in [0.1, 0.15) is 52.1 Å². The largest absolute Gasteiger partial charge is 0.339 e. The van der Waals surface area contributed by atoms with Gasteiger partial charge in [-0.3, -0.25) is 9.69 Å². The highest BCUT2D eigenvalue weighted by Crippen LogP contribution is 2.42. The van der Waals surface area contributed by atoms with E-state index in [1.807, 2.05) is 262 Å². The third-order valence-corrected chi connectivity index (χ3v) is 20.2. The number of hydrogen-bond acceptors (Lipinski definition) is 15. The number of aromatic nitrogens is 16. The van der Waals surface area contributed by atoms with E-state index in [9.17, 15) is 4.79 Å². The molecule has 0 atom stereocenters. The molecule has 0 radical (unpaired) electrons. The number of carbonyl (C=O) groups is 1. The number of likely N-dealkylation sites (N-methyl/N-ethyl adjacent to an activating group) is 1. The third-order valence-electron chi connectivity index (χ3n) is 18.7. The average molecular weight is 1510 g/mol. The molecule has 8 aromatic heterocycles. The standard InChI is InChI=1S/C26H27ClN6O.C21H20ClN5.C19H15ClN4.C18H13ClN4/c1-18(2)31-13-15-32(16-14-31)21(34)17-33-26-22(24(30-33)19-9-5-3-6-10-19)23(27)25(28-29-26)20-11-7-4-8-12-20;1-26(2)13-14-27-21-17(19(25-27)15-9-5-3-6-10-15)18(22)20(23-24-21)16-11-7-4-8-12-16;1-12-8-6-7-11-14(12)18-15-16(20)17(13-9-4-3-5-10-13)21-22-19(15)24(2)23-18;1-23-18-14(16(22-23)12-8-4-2-5-9-12)15(19)17(20-21-18)13-10-6-3-7-11-13/h3-12,18H,13-17H2,1-2H3;3-12H,13-14H2,1-2H3;3-11H,1-2H3;2-11H,1H3. The van der Waals surface area contributed by atoms with E-state index in [0.29, 0.717) is 102 Å². The molecule has 0 saturated carbocycles. The number of piperazine rings is 1. The molecular weight excluding hydrogens is 1430 g/mol. The van der Waals surface area contributed by atoms with Gasteiger partial charge in [0.25, 0.3) is 0 Å². The highest BCUT2D eigenvalue weighted by atomic mass is 35.5. The lowest BCUT2D eigenvalue weighted by atomic mass is 10.0. The Morgan fingerprint density at radius 1 is 0.370 bits per heavy atom. The number of hydrogen-bond donors (Lipinski definition) is 0. The summed E-state index contributed by atoms with van der Waals surface area (Å²) in [5.41, 5.74) is 17.2. The molecule has 108 heavy (non-hydrogen) atoms. The quantitative estimate of drug-likeness (QED) is 0.0994. The van der Waals surface area contributed by atoms with Crippen molar-refractivity contribution in [1.82, 2.24) is 94.6 Å². The van der Waals surface area contributed by atoms with Gasteiger partial charge in [0.15, 0.2) is 22.6 Å². The van der Waals surface area contributed by atoms with E-state index in [4.69, 9.17) is 56.6 Å². The molecule has 20 nitrogen and oxygen atoms in total. The van der Waals surface area contributed by atoms with Crippen molar-refractivity contribution in [3.05, 3.63) is 262 Å². The first kappa shape index (κ1) is 73.4. The fourth-order valence-corrected chi connectivity index (χ4v) is 14.3. The van der Waals surface area contributed by atoms with Crippen molar-refractivity contribution in [3.63, 3.8) is 0 Å². The molecule has 1 aliphatic heterocycles. The summed E-state index contributed by atoms with van der Waals surface area (Å²) in [7, 11) is 7.78. The lowest BCUT2D eigenvalue weighted by Gasteiger charge is -2.36. The van der Waals surface area contributed by atoms with Gasteiger partial charge >= 0.3 is 0 Å². The third kappa shape index (κ3) is 15.6. The minimum absolute atomic E-state index is 0.0254. The van der Waals surface area contributed by atoms with Gasteiger partial charge in [-0.1, -0.05) is 283 Å². The molecule has 540 valence electrons. The van der Waals surface area contributed by atoms with Crippen molar-refractivity contribution in [2.45, 2.75) is 39.9 Å². The SMILES string of the molecule is CC(C)N1CCN(C(=O)Cn2nc(-c3ccccc3)c3c(Cl)c(-c4ccccc4)nnc32)CC1.CN(C)CCn1nc(-c2ccccc2)c2c(Cl)c(-c3ccccc3)nnc21.Cc1ccccc1-c1nn(C)c2nnc(-c3ccccc3)c(Cl)c12.Cn1nc(-c2ccccc2)c2c(Cl)c(-c3ccccc3)nnc21. The maximum Gasteiger partial charge on any atom is 0.244 e. The molecule has 0 aliphatic carbocycles. The van der Waals surface area contributed by atoms with Crippen LogP contribution in [0.5, 0.6) is 0 Å². The highest BCUT2D eigenvalue weighted by molar-refractivity contribution is 6.40. The zero-order chi connectivity index (χ0) is 75.0. The molecule has 0 N–H and O–H groups in total. The van der Waals surface area contributed by atoms with E-state index in [1.54, 1.807) is 14.0 Å². The number of rotatable bonds is 14. The van der Waals surface area contributed by atoms with Crippen molar-refractivity contribution in [1.29, 1.82) is 0 Å². The van der Waals surface area contributed by atoms with Gasteiger partial charge in [0, 0.05) is 97.4 Å². The average Bonchev–Trinajstić information content (AvgIpc) is 1.61. The molecular formula is C84H75Cl4N19O. The zero-order valence-electron chi connectivity index (χ0n) is 60.5. The van der Waals surface area contributed by atoms with Crippen molar-refractivity contribution < 1.29 is 4.79 Å². The van der Waals surface area contributed by atoms with E-state index >= 15 is 0 Å². The van der Waals surface area contributed by atoms with Gasteiger partial charge in [-0.15, -0.1) is 40.8 Å². The molecule has 1 aliphatic rings. The van der Waals surface area contributed by atoms with Crippen molar-refractivity contribution in [2.75, 3.05) is 46.8 Å². The van der Waals surface area contributed by atoms with Crippen LogP contribution in [0.4, 0.5) is 0 Å². The van der Waals surface area contributed by atoms with Crippen molar-refractivity contribution in [2.24, 2.45) is 14.1 Å². The number of aryl methyl sites for hydroxylation is 3. The lowest BCUT2D eigenvalue weighted by Crippen LogP contribution is -2.51. The summed E-state index contributed by atoms with van der Waals surface area (Å²) in [6, 6.07) is 77.8. The Hall–Kier alpha value is -11.5. The number of amides is 1. The van der Waals surface area contributed by atoms with Gasteiger partial charge in [0.2, 0.25) is 5.91 Å². The Bertz CT molecular complexity index is 5800. The summed E-state index contributed by atoms with van der Waals surface area (Å²) in [5, 5.41) is 59.4. The summed E-state index contributed by atoms with van der Waals surface area (Å²) in [6.45, 7) is 11.3. The van der Waals surface area contributed by atoms with Crippen LogP contribution in [0, 0.1) is 6.92 Å². The first-order valence-electron chi connectivity index (χ1n) is 35.3. The molecule has 9 heterocycles. The summed E-state index contributed by atoms with van der Waals surface area (Å²) in [6.07, 6.45) is 0. The van der Waals surface area contributed by atoms with Crippen molar-refractivity contribution in [3.8, 4) is 90.1 Å². The van der Waals surface area contributed by atoms with Crippen LogP contribution in [0.25, 0.3) is 134 Å². The summed E-state index contributed by atoms with van der Waals surface area (Å²) in [5.74, 6) is 0.0254. The molecule has 17 rings (SSSR count). The van der Waals surface area contributed by atoms with Crippen LogP contribution in [0.2, 0.25) is 20.1 Å². The molecule has 24 heteroatoms. The number of benzene rings is 8. The lowest BCUT2D eigenvalue weighted by molar-refractivity contribution is -0.134. The van der Waals surface area contributed by atoms with Crippen LogP contribution in [0.15, 0.2) is 237 Å². The zero-order valence-corrected chi connectivity index (χ0v) is 63.5. The van der Waals surface area contributed by atoms with Gasteiger partial charge < -0.3 is 9.80 Å². The first-order valence-corrected chi connectivity index (χ1v) is 36.8. The number of fused-ring (bicyclic) bond motifs is 4. The molecule has 1 amide bonds. The predicted molar refractivity (Wildman–Crippen MR) is 433 cm³/mol. The number of halogens is 4. The van der Waals surface area contributed by atoms with E-state index in [2.05, 4.69) is 93.7 Å². The van der Waals surface area contributed by atoms with E-state index in [0.717, 1.165) is 103 Å². The van der Waals surface area contributed by atoms with Gasteiger partial charge in [-0.05, 0) is 40.4 Å². The topological polar surface area (TPSA) is 201 Å². The van der Waals surface area contributed by atoms with E-state index in [1.165, 1.54) is 0 Å². The predicted octanol–water partition coefficient (Wildman–Crippen LogP) is 17.8. The molecule has 8 aromatic carbocycles. The second-order valence-corrected chi connectivity index (χ2v) is 28.0. The smallest absolute Gasteiger partial charge is 0.244 e. The summed E-state index contributed by atoms with van der Waals surface area (Å²) >= 11 is 27.2. The van der Waals surface area contributed by atoms with Crippen LogP contribution < -0.4 is 0 Å². The minimum Gasteiger partial charge on any atom is -0.339 e.